The lowest BCUT2D eigenvalue weighted by atomic mass is 10.0. The summed E-state index contributed by atoms with van der Waals surface area (Å²) in [6.45, 7) is 1.11. The molecule has 1 aromatic heterocycles. The van der Waals surface area contributed by atoms with Crippen molar-refractivity contribution in [3.05, 3.63) is 70.8 Å². The van der Waals surface area contributed by atoms with E-state index in [2.05, 4.69) is 25.6 Å². The molecular weight excluding hydrogens is 439 g/mol. The van der Waals surface area contributed by atoms with E-state index >= 15 is 0 Å². The van der Waals surface area contributed by atoms with Crippen LogP contribution in [-0.4, -0.2) is 26.8 Å². The molecular formula is C21H20ClFN6O3. The van der Waals surface area contributed by atoms with Gasteiger partial charge in [-0.3, -0.25) is 9.59 Å². The number of nitrogens with two attached hydrogens (primary N) is 1. The number of rotatable bonds is 8. The van der Waals surface area contributed by atoms with Gasteiger partial charge in [-0.05, 0) is 42.0 Å². The number of nitrogens with one attached hydrogen (secondary N) is 2. The fourth-order valence-corrected chi connectivity index (χ4v) is 2.91. The van der Waals surface area contributed by atoms with Gasteiger partial charge in [0.25, 0.3) is 0 Å². The summed E-state index contributed by atoms with van der Waals surface area (Å²) in [5.41, 5.74) is 6.95. The molecule has 1 heterocycles. The number of ether oxygens (including phenoxy) is 1. The molecule has 3 aromatic rings. The topological polar surface area (TPSA) is 132 Å². The van der Waals surface area contributed by atoms with Gasteiger partial charge in [-0.1, -0.05) is 23.7 Å². The molecule has 1 amide bonds. The van der Waals surface area contributed by atoms with E-state index < -0.39 is 12.0 Å². The van der Waals surface area contributed by atoms with E-state index in [1.165, 1.54) is 31.2 Å². The van der Waals surface area contributed by atoms with Gasteiger partial charge in [0.2, 0.25) is 17.8 Å². The monoisotopic (exact) mass is 458 g/mol. The van der Waals surface area contributed by atoms with Gasteiger partial charge in [0.1, 0.15) is 5.82 Å². The van der Waals surface area contributed by atoms with Crippen molar-refractivity contribution in [2.75, 3.05) is 11.1 Å². The quantitative estimate of drug-likeness (QED) is 0.438. The molecule has 166 valence electrons. The minimum absolute atomic E-state index is 0.0760. The Labute approximate surface area is 188 Å². The third-order valence-corrected chi connectivity index (χ3v) is 4.43. The molecule has 0 aliphatic heterocycles. The summed E-state index contributed by atoms with van der Waals surface area (Å²) < 4.78 is 18.3. The predicted molar refractivity (Wildman–Crippen MR) is 116 cm³/mol. The molecule has 0 aliphatic rings. The van der Waals surface area contributed by atoms with Crippen molar-refractivity contribution >= 4 is 41.1 Å². The van der Waals surface area contributed by atoms with Gasteiger partial charge in [-0.15, -0.1) is 0 Å². The zero-order valence-electron chi connectivity index (χ0n) is 17.0. The van der Waals surface area contributed by atoms with Crippen molar-refractivity contribution < 1.29 is 18.7 Å². The maximum Gasteiger partial charge on any atom is 0.308 e. The summed E-state index contributed by atoms with van der Waals surface area (Å²) in [4.78, 5) is 36.0. The van der Waals surface area contributed by atoms with Crippen LogP contribution < -0.4 is 16.4 Å². The number of aromatic nitrogens is 3. The third-order valence-electron chi connectivity index (χ3n) is 4.18. The van der Waals surface area contributed by atoms with Gasteiger partial charge in [-0.25, -0.2) is 4.39 Å². The van der Waals surface area contributed by atoms with E-state index in [0.717, 1.165) is 0 Å². The zero-order valence-corrected chi connectivity index (χ0v) is 17.8. The van der Waals surface area contributed by atoms with Gasteiger partial charge in [0.05, 0.1) is 12.5 Å². The average molecular weight is 459 g/mol. The van der Waals surface area contributed by atoms with Crippen molar-refractivity contribution in [2.24, 2.45) is 0 Å². The number of nitrogen functional groups attached to an aromatic ring is 1. The van der Waals surface area contributed by atoms with Crippen LogP contribution in [0.25, 0.3) is 0 Å². The van der Waals surface area contributed by atoms with Crippen LogP contribution in [0, 0.1) is 5.82 Å². The van der Waals surface area contributed by atoms with Crippen molar-refractivity contribution in [2.45, 2.75) is 26.0 Å². The number of anilines is 3. The van der Waals surface area contributed by atoms with E-state index in [4.69, 9.17) is 22.1 Å². The molecule has 0 fully saturated rings. The maximum absolute atomic E-state index is 13.0. The lowest BCUT2D eigenvalue weighted by Gasteiger charge is -2.17. The van der Waals surface area contributed by atoms with Crippen molar-refractivity contribution in [1.29, 1.82) is 0 Å². The van der Waals surface area contributed by atoms with Gasteiger partial charge in [0, 0.05) is 17.6 Å². The Morgan fingerprint density at radius 3 is 2.44 bits per heavy atom. The van der Waals surface area contributed by atoms with Crippen LogP contribution in [0.5, 0.6) is 0 Å². The molecule has 0 aliphatic carbocycles. The highest BCUT2D eigenvalue weighted by Crippen LogP contribution is 2.20. The first kappa shape index (κ1) is 22.9. The lowest BCUT2D eigenvalue weighted by Crippen LogP contribution is -2.28. The second-order valence-electron chi connectivity index (χ2n) is 6.73. The molecule has 2 aromatic carbocycles. The van der Waals surface area contributed by atoms with Crippen LogP contribution in [0.15, 0.2) is 48.5 Å². The summed E-state index contributed by atoms with van der Waals surface area (Å²) in [6, 6.07) is 11.8. The first-order chi connectivity index (χ1) is 15.3. The number of carbonyl (C=O) groups excluding carboxylic acids is 2. The number of hydrogen-bond donors (Lipinski definition) is 3. The van der Waals surface area contributed by atoms with Gasteiger partial charge >= 0.3 is 5.97 Å². The van der Waals surface area contributed by atoms with E-state index in [-0.39, 0.29) is 42.5 Å². The normalized spacial score (nSPS) is 11.5. The number of hydrogen-bond acceptors (Lipinski definition) is 8. The predicted octanol–water partition coefficient (Wildman–Crippen LogP) is 3.30. The molecule has 1 atom stereocenters. The van der Waals surface area contributed by atoms with E-state index in [1.54, 1.807) is 24.3 Å². The van der Waals surface area contributed by atoms with Crippen LogP contribution in [0.2, 0.25) is 5.02 Å². The summed E-state index contributed by atoms with van der Waals surface area (Å²) in [5, 5.41) is 6.12. The molecule has 3 rings (SSSR count). The summed E-state index contributed by atoms with van der Waals surface area (Å²) in [7, 11) is 0. The number of nitrogens with zero attached hydrogens (tertiary/aromatic N) is 3. The van der Waals surface area contributed by atoms with Gasteiger partial charge in [0.15, 0.2) is 12.4 Å². The van der Waals surface area contributed by atoms with Crippen molar-refractivity contribution in [3.63, 3.8) is 0 Å². The first-order valence-electron chi connectivity index (χ1n) is 9.49. The first-order valence-corrected chi connectivity index (χ1v) is 9.87. The number of esters is 1. The molecule has 9 nitrogen and oxygen atoms in total. The fraction of sp³-hybridized carbons (Fsp3) is 0.190. The average Bonchev–Trinajstić information content (AvgIpc) is 2.73. The standard InChI is InChI=1S/C21H20ClFN6O3/c1-12(30)25-17(13-2-4-14(22)5-3-13)10-19(31)32-11-18-27-20(24)29-21(28-18)26-16-8-6-15(23)7-9-16/h2-9,17H,10-11H2,1H3,(H,25,30)(H3,24,26,27,28,29)/t17-/m1/s1. The van der Waals surface area contributed by atoms with Crippen molar-refractivity contribution in [1.82, 2.24) is 20.3 Å². The van der Waals surface area contributed by atoms with Crippen LogP contribution >= 0.6 is 11.6 Å². The number of halogens is 2. The third kappa shape index (κ3) is 6.88. The number of benzene rings is 2. The highest BCUT2D eigenvalue weighted by atomic mass is 35.5. The Balaban J connectivity index is 1.63. The number of carbonyl (C=O) groups is 2. The van der Waals surface area contributed by atoms with Crippen molar-refractivity contribution in [3.8, 4) is 0 Å². The Morgan fingerprint density at radius 2 is 1.78 bits per heavy atom. The van der Waals surface area contributed by atoms with Crippen LogP contribution in [0.1, 0.15) is 30.8 Å². The summed E-state index contributed by atoms with van der Waals surface area (Å²) in [6.07, 6.45) is -0.109. The highest BCUT2D eigenvalue weighted by molar-refractivity contribution is 6.30. The molecule has 0 spiro atoms. The van der Waals surface area contributed by atoms with E-state index in [9.17, 15) is 14.0 Å². The molecule has 0 radical (unpaired) electrons. The fourth-order valence-electron chi connectivity index (χ4n) is 2.78. The Morgan fingerprint density at radius 1 is 1.09 bits per heavy atom. The SMILES string of the molecule is CC(=O)N[C@H](CC(=O)OCc1nc(N)nc(Nc2ccc(F)cc2)n1)c1ccc(Cl)cc1. The van der Waals surface area contributed by atoms with Crippen LogP contribution in [0.3, 0.4) is 0 Å². The molecule has 0 saturated heterocycles. The largest absolute Gasteiger partial charge is 0.457 e. The molecule has 0 unspecified atom stereocenters. The Hall–Kier alpha value is -3.79. The minimum atomic E-state index is -0.587. The second kappa shape index (κ2) is 10.5. The zero-order chi connectivity index (χ0) is 23.1. The van der Waals surface area contributed by atoms with Crippen LogP contribution in [-0.2, 0) is 20.9 Å². The minimum Gasteiger partial charge on any atom is -0.457 e. The van der Waals surface area contributed by atoms with Crippen LogP contribution in [0.4, 0.5) is 22.0 Å². The molecule has 32 heavy (non-hydrogen) atoms. The Kier molecular flexibility index (Phi) is 7.50. The molecule has 0 saturated carbocycles. The molecule has 0 bridgehead atoms. The second-order valence-corrected chi connectivity index (χ2v) is 7.17. The lowest BCUT2D eigenvalue weighted by molar-refractivity contribution is -0.146. The summed E-state index contributed by atoms with van der Waals surface area (Å²) in [5.74, 6) is -1.09. The maximum atomic E-state index is 13.0. The smallest absolute Gasteiger partial charge is 0.308 e. The Bertz CT molecular complexity index is 1100. The highest BCUT2D eigenvalue weighted by Gasteiger charge is 2.19. The molecule has 4 N–H and O–H groups in total. The van der Waals surface area contributed by atoms with E-state index in [1.807, 2.05) is 0 Å². The molecule has 11 heteroatoms. The van der Waals surface area contributed by atoms with Gasteiger partial charge < -0.3 is 21.1 Å². The van der Waals surface area contributed by atoms with Gasteiger partial charge in [-0.2, -0.15) is 15.0 Å². The summed E-state index contributed by atoms with van der Waals surface area (Å²) >= 11 is 5.90. The van der Waals surface area contributed by atoms with E-state index in [0.29, 0.717) is 16.3 Å². The number of amides is 1.